The highest BCUT2D eigenvalue weighted by molar-refractivity contribution is 5.19. The van der Waals surface area contributed by atoms with Gasteiger partial charge in [-0.1, -0.05) is 24.5 Å². The molecule has 15 heavy (non-hydrogen) atoms. The summed E-state index contributed by atoms with van der Waals surface area (Å²) in [5.41, 5.74) is 7.82. The van der Waals surface area contributed by atoms with E-state index in [1.54, 1.807) is 0 Å². The van der Waals surface area contributed by atoms with Crippen LogP contribution >= 0.6 is 0 Å². The molecular weight excluding hydrogens is 186 g/mol. The molecule has 2 N–H and O–H groups in total. The van der Waals surface area contributed by atoms with Gasteiger partial charge in [0.1, 0.15) is 0 Å². The molecule has 0 radical (unpaired) electrons. The van der Waals surface area contributed by atoms with Gasteiger partial charge in [0.2, 0.25) is 0 Å². The third-order valence-electron chi connectivity index (χ3n) is 4.15. The van der Waals surface area contributed by atoms with Crippen molar-refractivity contribution in [2.45, 2.75) is 63.0 Å². The summed E-state index contributed by atoms with van der Waals surface area (Å²) in [6.07, 6.45) is 12.2. The lowest BCUT2D eigenvalue weighted by Crippen LogP contribution is -2.48. The van der Waals surface area contributed by atoms with Crippen LogP contribution in [0.5, 0.6) is 0 Å². The summed E-state index contributed by atoms with van der Waals surface area (Å²) < 4.78 is 5.75. The van der Waals surface area contributed by atoms with Crippen LogP contribution in [-0.4, -0.2) is 18.8 Å². The van der Waals surface area contributed by atoms with Crippen molar-refractivity contribution in [2.75, 3.05) is 7.11 Å². The van der Waals surface area contributed by atoms with Crippen molar-refractivity contribution in [1.29, 1.82) is 0 Å². The van der Waals surface area contributed by atoms with Crippen LogP contribution in [0.3, 0.4) is 0 Å². The molecule has 2 aliphatic carbocycles. The Kier molecular flexibility index (Phi) is 3.47. The van der Waals surface area contributed by atoms with E-state index in [-0.39, 0.29) is 11.6 Å². The van der Waals surface area contributed by atoms with Gasteiger partial charge in [-0.15, -0.1) is 0 Å². The van der Waals surface area contributed by atoms with Crippen molar-refractivity contribution in [1.82, 2.24) is 0 Å². The molecule has 2 heteroatoms. The number of allylic oxidation sites excluding steroid dienone is 1. The predicted octanol–water partition coefficient (Wildman–Crippen LogP) is 2.77. The summed E-state index contributed by atoms with van der Waals surface area (Å²) in [7, 11) is 1.83. The fraction of sp³-hybridized carbons (Fsp3) is 0.846. The minimum absolute atomic E-state index is 0.0385. The molecule has 2 aliphatic rings. The number of rotatable bonds is 3. The SMILES string of the molecule is COC1(C(N)C2=CCCCC2)CCCC1. The van der Waals surface area contributed by atoms with Crippen LogP contribution in [0.25, 0.3) is 0 Å². The third-order valence-corrected chi connectivity index (χ3v) is 4.15. The highest BCUT2D eigenvalue weighted by Crippen LogP contribution is 2.38. The van der Waals surface area contributed by atoms with Crippen molar-refractivity contribution >= 4 is 0 Å². The van der Waals surface area contributed by atoms with Crippen molar-refractivity contribution in [3.63, 3.8) is 0 Å². The van der Waals surface area contributed by atoms with Gasteiger partial charge in [-0.25, -0.2) is 0 Å². The molecule has 0 amide bonds. The number of methoxy groups -OCH3 is 1. The molecule has 0 heterocycles. The van der Waals surface area contributed by atoms with E-state index in [0.29, 0.717) is 0 Å². The molecule has 1 saturated carbocycles. The molecule has 86 valence electrons. The van der Waals surface area contributed by atoms with Crippen LogP contribution in [0.2, 0.25) is 0 Å². The second-order valence-corrected chi connectivity index (χ2v) is 4.98. The first-order chi connectivity index (χ1) is 7.28. The maximum atomic E-state index is 6.41. The zero-order valence-corrected chi connectivity index (χ0v) is 9.80. The lowest BCUT2D eigenvalue weighted by Gasteiger charge is -2.36. The zero-order valence-electron chi connectivity index (χ0n) is 9.80. The normalized spacial score (nSPS) is 27.5. The van der Waals surface area contributed by atoms with Gasteiger partial charge >= 0.3 is 0 Å². The number of ether oxygens (including phenoxy) is 1. The minimum atomic E-state index is -0.0385. The van der Waals surface area contributed by atoms with Gasteiger partial charge in [0.05, 0.1) is 11.6 Å². The molecule has 0 aromatic heterocycles. The van der Waals surface area contributed by atoms with Crippen LogP contribution in [0.4, 0.5) is 0 Å². The molecule has 0 aromatic carbocycles. The Morgan fingerprint density at radius 1 is 1.27 bits per heavy atom. The maximum Gasteiger partial charge on any atom is 0.0867 e. The Hall–Kier alpha value is -0.340. The smallest absolute Gasteiger partial charge is 0.0867 e. The van der Waals surface area contributed by atoms with Crippen molar-refractivity contribution in [3.8, 4) is 0 Å². The molecular formula is C13H23NO. The summed E-state index contributed by atoms with van der Waals surface area (Å²) in [4.78, 5) is 0. The molecule has 0 spiro atoms. The summed E-state index contributed by atoms with van der Waals surface area (Å²) in [6.45, 7) is 0. The first kappa shape index (κ1) is 11.2. The zero-order chi connectivity index (χ0) is 10.7. The predicted molar refractivity (Wildman–Crippen MR) is 62.7 cm³/mol. The van der Waals surface area contributed by atoms with Crippen molar-refractivity contribution in [2.24, 2.45) is 5.73 Å². The molecule has 1 unspecified atom stereocenters. The van der Waals surface area contributed by atoms with E-state index in [4.69, 9.17) is 10.5 Å². The highest BCUT2D eigenvalue weighted by atomic mass is 16.5. The topological polar surface area (TPSA) is 35.2 Å². The van der Waals surface area contributed by atoms with Crippen molar-refractivity contribution in [3.05, 3.63) is 11.6 Å². The van der Waals surface area contributed by atoms with Crippen LogP contribution in [0.15, 0.2) is 11.6 Å². The quantitative estimate of drug-likeness (QED) is 0.725. The second kappa shape index (κ2) is 4.67. The van der Waals surface area contributed by atoms with E-state index < -0.39 is 0 Å². The summed E-state index contributed by atoms with van der Waals surface area (Å²) >= 11 is 0. The van der Waals surface area contributed by atoms with Crippen LogP contribution in [0, 0.1) is 0 Å². The average molecular weight is 209 g/mol. The number of hydrogen-bond donors (Lipinski definition) is 1. The molecule has 1 fully saturated rings. The van der Waals surface area contributed by atoms with Gasteiger partial charge < -0.3 is 10.5 Å². The Morgan fingerprint density at radius 3 is 2.53 bits per heavy atom. The molecule has 2 rings (SSSR count). The molecule has 0 saturated heterocycles. The molecule has 0 bridgehead atoms. The van der Waals surface area contributed by atoms with Crippen LogP contribution in [-0.2, 0) is 4.74 Å². The van der Waals surface area contributed by atoms with E-state index in [0.717, 1.165) is 12.8 Å². The van der Waals surface area contributed by atoms with Gasteiger partial charge in [0.15, 0.2) is 0 Å². The van der Waals surface area contributed by atoms with Crippen LogP contribution < -0.4 is 5.73 Å². The van der Waals surface area contributed by atoms with E-state index >= 15 is 0 Å². The fourth-order valence-corrected chi connectivity index (χ4v) is 3.10. The van der Waals surface area contributed by atoms with E-state index in [2.05, 4.69) is 6.08 Å². The monoisotopic (exact) mass is 209 g/mol. The largest absolute Gasteiger partial charge is 0.376 e. The fourth-order valence-electron chi connectivity index (χ4n) is 3.10. The molecule has 0 aromatic rings. The lowest BCUT2D eigenvalue weighted by atomic mass is 9.82. The molecule has 0 aliphatic heterocycles. The number of nitrogens with two attached hydrogens (primary N) is 1. The van der Waals surface area contributed by atoms with Gasteiger partial charge in [0.25, 0.3) is 0 Å². The highest BCUT2D eigenvalue weighted by Gasteiger charge is 2.41. The Morgan fingerprint density at radius 2 is 2.00 bits per heavy atom. The first-order valence-electron chi connectivity index (χ1n) is 6.28. The Bertz CT molecular complexity index is 241. The van der Waals surface area contributed by atoms with E-state index in [1.807, 2.05) is 7.11 Å². The molecule has 1 atom stereocenters. The van der Waals surface area contributed by atoms with Crippen LogP contribution in [0.1, 0.15) is 51.4 Å². The van der Waals surface area contributed by atoms with E-state index in [9.17, 15) is 0 Å². The van der Waals surface area contributed by atoms with E-state index in [1.165, 1.54) is 44.1 Å². The Balaban J connectivity index is 2.10. The van der Waals surface area contributed by atoms with Gasteiger partial charge in [-0.05, 0) is 38.5 Å². The van der Waals surface area contributed by atoms with Gasteiger partial charge in [-0.2, -0.15) is 0 Å². The molecule has 2 nitrogen and oxygen atoms in total. The lowest BCUT2D eigenvalue weighted by molar-refractivity contribution is -0.0176. The summed E-state index contributed by atoms with van der Waals surface area (Å²) in [5.74, 6) is 0. The van der Waals surface area contributed by atoms with Gasteiger partial charge in [0, 0.05) is 7.11 Å². The summed E-state index contributed by atoms with van der Waals surface area (Å²) in [6, 6.07) is 0.144. The van der Waals surface area contributed by atoms with Crippen molar-refractivity contribution < 1.29 is 4.74 Å². The first-order valence-corrected chi connectivity index (χ1v) is 6.28. The number of hydrogen-bond acceptors (Lipinski definition) is 2. The third kappa shape index (κ3) is 2.11. The van der Waals surface area contributed by atoms with Gasteiger partial charge in [-0.3, -0.25) is 0 Å². The average Bonchev–Trinajstić information content (AvgIpc) is 2.79. The second-order valence-electron chi connectivity index (χ2n) is 4.98. The summed E-state index contributed by atoms with van der Waals surface area (Å²) in [5, 5.41) is 0. The standard InChI is InChI=1S/C13H23NO/c1-15-13(9-5-6-10-13)12(14)11-7-3-2-4-8-11/h7,12H,2-6,8-10,14H2,1H3. The minimum Gasteiger partial charge on any atom is -0.376 e. The maximum absolute atomic E-state index is 6.41. The Labute approximate surface area is 92.9 Å².